The molecule has 0 aliphatic rings. The third kappa shape index (κ3) is 7.38. The summed E-state index contributed by atoms with van der Waals surface area (Å²) in [5.41, 5.74) is 9.49. The number of primary sulfonamides is 1. The average molecular weight is 603 g/mol. The van der Waals surface area contributed by atoms with Gasteiger partial charge in [0.2, 0.25) is 10.0 Å². The lowest BCUT2D eigenvalue weighted by atomic mass is 10.1. The van der Waals surface area contributed by atoms with Crippen LogP contribution in [0.3, 0.4) is 0 Å². The average Bonchev–Trinajstić information content (AvgIpc) is 3.33. The number of benzene rings is 3. The first-order valence-electron chi connectivity index (χ1n) is 11.8. The van der Waals surface area contributed by atoms with Crippen molar-refractivity contribution in [3.05, 3.63) is 95.8 Å². The number of alkyl halides is 3. The molecule has 1 aromatic heterocycles. The number of hydrogen-bond donors (Lipinski definition) is 4. The van der Waals surface area contributed by atoms with E-state index >= 15 is 0 Å². The Morgan fingerprint density at radius 3 is 2.14 bits per heavy atom. The molecule has 4 rings (SSSR count). The van der Waals surface area contributed by atoms with Gasteiger partial charge in [-0.3, -0.25) is 10.2 Å². The van der Waals surface area contributed by atoms with Crippen molar-refractivity contribution in [2.24, 2.45) is 10.9 Å². The van der Waals surface area contributed by atoms with Crippen LogP contribution in [0.5, 0.6) is 0 Å². The molecule has 42 heavy (non-hydrogen) atoms. The summed E-state index contributed by atoms with van der Waals surface area (Å²) >= 11 is 0. The zero-order chi connectivity index (χ0) is 31.4. The molecule has 0 fully saturated rings. The van der Waals surface area contributed by atoms with Crippen molar-refractivity contribution in [1.29, 1.82) is 5.41 Å². The van der Waals surface area contributed by atoms with Gasteiger partial charge in [0.15, 0.2) is 0 Å². The van der Waals surface area contributed by atoms with Crippen LogP contribution in [0.15, 0.2) is 83.8 Å². The van der Waals surface area contributed by atoms with Crippen molar-refractivity contribution in [2.45, 2.75) is 18.0 Å². The highest BCUT2D eigenvalue weighted by molar-refractivity contribution is 7.89. The van der Waals surface area contributed by atoms with Gasteiger partial charge in [0.25, 0.3) is 5.91 Å². The maximum absolute atomic E-state index is 13.4. The van der Waals surface area contributed by atoms with Crippen LogP contribution in [0.2, 0.25) is 0 Å². The normalized spacial score (nSPS) is 11.3. The van der Waals surface area contributed by atoms with E-state index in [0.717, 1.165) is 0 Å². The number of anilines is 1. The smallest absolute Gasteiger partial charge is 0.475 e. The number of carboxylic acid groups (broad SMARTS) is 1. The second-order valence-electron chi connectivity index (χ2n) is 8.80. The molecular weight excluding hydrogens is 577 g/mol. The Hall–Kier alpha value is -5.02. The first-order valence-corrected chi connectivity index (χ1v) is 13.4. The number of carbonyl (C=O) groups is 2. The minimum atomic E-state index is -5.08. The molecule has 4 aromatic rings. The van der Waals surface area contributed by atoms with Gasteiger partial charge in [-0.25, -0.2) is 23.0 Å². The largest absolute Gasteiger partial charge is 0.490 e. The molecule has 0 unspecified atom stereocenters. The zero-order valence-corrected chi connectivity index (χ0v) is 22.9. The van der Waals surface area contributed by atoms with Crippen LogP contribution in [0.25, 0.3) is 16.8 Å². The Morgan fingerprint density at radius 1 is 1.00 bits per heavy atom. The SMILES string of the molecule is Cc1cc(C(=O)N(C)c2ccc(-c3ccccc3S(N)(=O)=O)cc2)n(-c2cccc(C(=N)N)c2)n1.O=C(O)C(F)(F)F. The number of nitrogen functional groups attached to an aromatic ring is 1. The summed E-state index contributed by atoms with van der Waals surface area (Å²) in [6, 6.07) is 22.1. The fraction of sp³-hybridized carbons (Fsp3) is 0.111. The fourth-order valence-corrected chi connectivity index (χ4v) is 4.52. The highest BCUT2D eigenvalue weighted by Crippen LogP contribution is 2.29. The van der Waals surface area contributed by atoms with E-state index < -0.39 is 22.2 Å². The van der Waals surface area contributed by atoms with Crippen LogP contribution in [0.4, 0.5) is 18.9 Å². The Balaban J connectivity index is 0.000000616. The van der Waals surface area contributed by atoms with E-state index in [1.165, 1.54) is 15.6 Å². The predicted molar refractivity (Wildman–Crippen MR) is 149 cm³/mol. The van der Waals surface area contributed by atoms with Crippen LogP contribution in [-0.2, 0) is 14.8 Å². The number of rotatable bonds is 6. The van der Waals surface area contributed by atoms with Gasteiger partial charge >= 0.3 is 12.1 Å². The van der Waals surface area contributed by atoms with Gasteiger partial charge in [-0.15, -0.1) is 0 Å². The zero-order valence-electron chi connectivity index (χ0n) is 22.1. The maximum atomic E-state index is 13.4. The number of aliphatic carboxylic acids is 1. The molecule has 11 nitrogen and oxygen atoms in total. The van der Waals surface area contributed by atoms with Crippen molar-refractivity contribution in [2.75, 3.05) is 11.9 Å². The number of sulfonamides is 1. The predicted octanol–water partition coefficient (Wildman–Crippen LogP) is 3.69. The second-order valence-corrected chi connectivity index (χ2v) is 10.3. The number of amidine groups is 1. The number of amides is 1. The molecule has 1 heterocycles. The molecule has 0 radical (unpaired) electrons. The highest BCUT2D eigenvalue weighted by atomic mass is 32.2. The number of nitrogens with two attached hydrogens (primary N) is 2. The second kappa shape index (κ2) is 12.2. The molecule has 0 aliphatic heterocycles. The Labute approximate surface area is 238 Å². The molecule has 0 atom stereocenters. The Kier molecular flexibility index (Phi) is 9.18. The van der Waals surface area contributed by atoms with E-state index in [-0.39, 0.29) is 16.6 Å². The summed E-state index contributed by atoms with van der Waals surface area (Å²) < 4.78 is 57.2. The van der Waals surface area contributed by atoms with Crippen LogP contribution >= 0.6 is 0 Å². The summed E-state index contributed by atoms with van der Waals surface area (Å²) in [5.74, 6) is -3.13. The van der Waals surface area contributed by atoms with Crippen molar-refractivity contribution >= 4 is 33.4 Å². The van der Waals surface area contributed by atoms with Crippen molar-refractivity contribution in [3.8, 4) is 16.8 Å². The topological polar surface area (TPSA) is 185 Å². The lowest BCUT2D eigenvalue weighted by Crippen LogP contribution is -2.28. The number of carboxylic acids is 1. The summed E-state index contributed by atoms with van der Waals surface area (Å²) in [6.07, 6.45) is -5.08. The van der Waals surface area contributed by atoms with Crippen LogP contribution in [0, 0.1) is 12.3 Å². The van der Waals surface area contributed by atoms with Crippen LogP contribution in [-0.4, -0.2) is 54.2 Å². The van der Waals surface area contributed by atoms with Crippen molar-refractivity contribution < 1.29 is 36.3 Å². The summed E-state index contributed by atoms with van der Waals surface area (Å²) in [7, 11) is -2.24. The highest BCUT2D eigenvalue weighted by Gasteiger charge is 2.38. The van der Waals surface area contributed by atoms with E-state index in [4.69, 9.17) is 26.2 Å². The molecule has 0 saturated heterocycles. The molecule has 220 valence electrons. The van der Waals surface area contributed by atoms with E-state index in [2.05, 4.69) is 5.10 Å². The molecule has 1 amide bonds. The molecular formula is C27H25F3N6O5S. The maximum Gasteiger partial charge on any atom is 0.490 e. The van der Waals surface area contributed by atoms with E-state index in [1.807, 2.05) is 0 Å². The quantitative estimate of drug-likeness (QED) is 0.191. The van der Waals surface area contributed by atoms with Gasteiger partial charge in [0.1, 0.15) is 11.5 Å². The van der Waals surface area contributed by atoms with Gasteiger partial charge in [0.05, 0.1) is 16.3 Å². The lowest BCUT2D eigenvalue weighted by molar-refractivity contribution is -0.192. The van der Waals surface area contributed by atoms with E-state index in [0.29, 0.717) is 39.5 Å². The Bertz CT molecular complexity index is 1750. The third-order valence-corrected chi connectivity index (χ3v) is 6.73. The van der Waals surface area contributed by atoms with Crippen LogP contribution in [0.1, 0.15) is 21.7 Å². The monoisotopic (exact) mass is 602 g/mol. The molecule has 6 N–H and O–H groups in total. The van der Waals surface area contributed by atoms with Crippen molar-refractivity contribution in [1.82, 2.24) is 9.78 Å². The van der Waals surface area contributed by atoms with Gasteiger partial charge in [-0.05, 0) is 48.9 Å². The molecule has 0 saturated carbocycles. The first-order chi connectivity index (χ1) is 19.5. The number of nitrogens with zero attached hydrogens (tertiary/aromatic N) is 3. The number of nitrogens with one attached hydrogen (secondary N) is 1. The van der Waals surface area contributed by atoms with Gasteiger partial charge < -0.3 is 15.7 Å². The minimum absolute atomic E-state index is 0.0318. The minimum Gasteiger partial charge on any atom is -0.475 e. The van der Waals surface area contributed by atoms with E-state index in [1.54, 1.807) is 86.8 Å². The number of hydrogen-bond acceptors (Lipinski definition) is 6. The summed E-state index contributed by atoms with van der Waals surface area (Å²) in [6.45, 7) is 1.79. The first kappa shape index (κ1) is 31.5. The standard InChI is InChI=1S/C25H24N6O3S.C2HF3O2/c1-16-14-22(31(29-16)20-7-5-6-18(15-20)24(26)27)25(32)30(2)19-12-10-17(11-13-19)21-8-3-4-9-23(21)35(28,33)34;3-2(4,5)1(6)7/h3-15H,1-2H3,(H3,26,27)(H2,28,33,34);(H,6,7). The Morgan fingerprint density at radius 2 is 1.60 bits per heavy atom. The number of aromatic nitrogens is 2. The third-order valence-electron chi connectivity index (χ3n) is 5.76. The fourth-order valence-electron chi connectivity index (χ4n) is 3.76. The van der Waals surface area contributed by atoms with Gasteiger partial charge in [-0.2, -0.15) is 18.3 Å². The van der Waals surface area contributed by atoms with E-state index in [9.17, 15) is 26.4 Å². The van der Waals surface area contributed by atoms with Crippen molar-refractivity contribution in [3.63, 3.8) is 0 Å². The van der Waals surface area contributed by atoms with Gasteiger partial charge in [-0.1, -0.05) is 42.5 Å². The molecule has 15 heteroatoms. The summed E-state index contributed by atoms with van der Waals surface area (Å²) in [4.78, 5) is 23.8. The molecule has 0 aliphatic carbocycles. The molecule has 3 aromatic carbocycles. The van der Waals surface area contributed by atoms with Gasteiger partial charge in [0, 0.05) is 23.9 Å². The number of aryl methyl sites for hydroxylation is 1. The number of carbonyl (C=O) groups excluding carboxylic acids is 1. The molecule has 0 bridgehead atoms. The van der Waals surface area contributed by atoms with Crippen LogP contribution < -0.4 is 15.8 Å². The molecule has 0 spiro atoms. The number of halogens is 3. The lowest BCUT2D eigenvalue weighted by Gasteiger charge is -2.19. The summed E-state index contributed by atoms with van der Waals surface area (Å²) in [5, 5.41) is 24.6.